The average molecular weight is 277 g/mol. The zero-order chi connectivity index (χ0) is 13.6. The summed E-state index contributed by atoms with van der Waals surface area (Å²) in [4.78, 5) is 10.3. The molecule has 1 heterocycles. The molecule has 1 rings (SSSR count). The summed E-state index contributed by atoms with van der Waals surface area (Å²) in [6.07, 6.45) is 2.62. The number of nitrogens with one attached hydrogen (secondary N) is 1. The molecule has 0 atom stereocenters. The average Bonchev–Trinajstić information content (AvgIpc) is 2.76. The van der Waals surface area contributed by atoms with Gasteiger partial charge >= 0.3 is 5.97 Å². The van der Waals surface area contributed by atoms with E-state index < -0.39 is 16.0 Å². The quantitative estimate of drug-likeness (QED) is 0.525. The van der Waals surface area contributed by atoms with Crippen LogP contribution in [0.1, 0.15) is 12.8 Å². The van der Waals surface area contributed by atoms with Crippen LogP contribution in [0.2, 0.25) is 0 Å². The minimum absolute atomic E-state index is 0.0224. The van der Waals surface area contributed by atoms with Crippen LogP contribution >= 0.6 is 0 Å². The standard InChI is InChI=1S/C9H15N3O5S/c13-5-1-3-11-18(16,17)8-6-10-12(7-8)4-2-9(14)15/h6-7,11,13H,1-5H2,(H,14,15). The van der Waals surface area contributed by atoms with Gasteiger partial charge in [-0.3, -0.25) is 9.48 Å². The van der Waals surface area contributed by atoms with E-state index in [1.807, 2.05) is 0 Å². The lowest BCUT2D eigenvalue weighted by Crippen LogP contribution is -2.25. The molecule has 3 N–H and O–H groups in total. The van der Waals surface area contributed by atoms with Crippen LogP contribution in [-0.4, -0.2) is 47.5 Å². The van der Waals surface area contributed by atoms with Crippen molar-refractivity contribution >= 4 is 16.0 Å². The van der Waals surface area contributed by atoms with Gasteiger partial charge in [0.15, 0.2) is 0 Å². The molecular formula is C9H15N3O5S. The van der Waals surface area contributed by atoms with Gasteiger partial charge in [0, 0.05) is 19.3 Å². The smallest absolute Gasteiger partial charge is 0.305 e. The first kappa shape index (κ1) is 14.6. The molecule has 1 aromatic heterocycles. The Hall–Kier alpha value is -1.45. The van der Waals surface area contributed by atoms with Crippen LogP contribution < -0.4 is 4.72 Å². The van der Waals surface area contributed by atoms with Crippen molar-refractivity contribution < 1.29 is 23.4 Å². The molecule has 8 nitrogen and oxygen atoms in total. The first-order valence-corrected chi connectivity index (χ1v) is 6.79. The van der Waals surface area contributed by atoms with E-state index in [9.17, 15) is 13.2 Å². The van der Waals surface area contributed by atoms with E-state index >= 15 is 0 Å². The Morgan fingerprint density at radius 1 is 1.50 bits per heavy atom. The van der Waals surface area contributed by atoms with Gasteiger partial charge in [-0.05, 0) is 6.42 Å². The first-order valence-electron chi connectivity index (χ1n) is 5.30. The molecule has 0 aromatic carbocycles. The topological polar surface area (TPSA) is 122 Å². The van der Waals surface area contributed by atoms with E-state index in [-0.39, 0.29) is 31.0 Å². The molecule has 0 radical (unpaired) electrons. The molecule has 0 spiro atoms. The second kappa shape index (κ2) is 6.47. The number of aryl methyl sites for hydroxylation is 1. The Morgan fingerprint density at radius 2 is 2.22 bits per heavy atom. The highest BCUT2D eigenvalue weighted by molar-refractivity contribution is 7.89. The molecule has 0 saturated carbocycles. The van der Waals surface area contributed by atoms with E-state index in [1.54, 1.807) is 0 Å². The molecule has 102 valence electrons. The molecule has 0 unspecified atom stereocenters. The number of sulfonamides is 1. The van der Waals surface area contributed by atoms with Crippen molar-refractivity contribution in [2.75, 3.05) is 13.2 Å². The number of aliphatic hydroxyl groups excluding tert-OH is 1. The van der Waals surface area contributed by atoms with Crippen LogP contribution in [0, 0.1) is 0 Å². The summed E-state index contributed by atoms with van der Waals surface area (Å²) in [5.74, 6) is -0.976. The molecule has 9 heteroatoms. The third-order valence-corrected chi connectivity index (χ3v) is 3.52. The number of nitrogens with zero attached hydrogens (tertiary/aromatic N) is 2. The van der Waals surface area contributed by atoms with Crippen molar-refractivity contribution in [1.82, 2.24) is 14.5 Å². The number of aromatic nitrogens is 2. The summed E-state index contributed by atoms with van der Waals surface area (Å²) >= 11 is 0. The van der Waals surface area contributed by atoms with Gasteiger partial charge in [-0.15, -0.1) is 0 Å². The maximum absolute atomic E-state index is 11.7. The van der Waals surface area contributed by atoms with Crippen molar-refractivity contribution in [2.45, 2.75) is 24.3 Å². The van der Waals surface area contributed by atoms with Crippen LogP contribution in [0.5, 0.6) is 0 Å². The normalized spacial score (nSPS) is 11.6. The van der Waals surface area contributed by atoms with Crippen LogP contribution in [0.15, 0.2) is 17.3 Å². The Morgan fingerprint density at radius 3 is 2.83 bits per heavy atom. The van der Waals surface area contributed by atoms with Gasteiger partial charge in [0.1, 0.15) is 4.90 Å². The summed E-state index contributed by atoms with van der Waals surface area (Å²) in [7, 11) is -3.64. The number of carbonyl (C=O) groups is 1. The van der Waals surface area contributed by atoms with Gasteiger partial charge in [0.25, 0.3) is 0 Å². The highest BCUT2D eigenvalue weighted by atomic mass is 32.2. The monoisotopic (exact) mass is 277 g/mol. The maximum atomic E-state index is 11.7. The Balaban J connectivity index is 2.63. The maximum Gasteiger partial charge on any atom is 0.305 e. The number of hydrogen-bond acceptors (Lipinski definition) is 5. The molecular weight excluding hydrogens is 262 g/mol. The first-order chi connectivity index (χ1) is 8.45. The summed E-state index contributed by atoms with van der Waals surface area (Å²) in [6, 6.07) is 0. The van der Waals surface area contributed by atoms with Gasteiger partial charge in [0.05, 0.1) is 19.2 Å². The molecule has 1 aromatic rings. The van der Waals surface area contributed by atoms with Gasteiger partial charge in [-0.1, -0.05) is 0 Å². The number of carboxylic acid groups (broad SMARTS) is 1. The number of carboxylic acids is 1. The molecule has 18 heavy (non-hydrogen) atoms. The molecule has 0 bridgehead atoms. The van der Waals surface area contributed by atoms with E-state index in [0.717, 1.165) is 6.20 Å². The van der Waals surface area contributed by atoms with Crippen molar-refractivity contribution in [3.63, 3.8) is 0 Å². The number of aliphatic hydroxyl groups is 1. The molecule has 0 saturated heterocycles. The van der Waals surface area contributed by atoms with Crippen LogP contribution in [-0.2, 0) is 21.4 Å². The third kappa shape index (κ3) is 4.43. The Labute approximate surface area is 104 Å². The summed E-state index contributed by atoms with van der Waals surface area (Å²) in [5.41, 5.74) is 0. The van der Waals surface area contributed by atoms with Gasteiger partial charge < -0.3 is 10.2 Å². The highest BCUT2D eigenvalue weighted by Gasteiger charge is 2.15. The lowest BCUT2D eigenvalue weighted by atomic mass is 10.4. The summed E-state index contributed by atoms with van der Waals surface area (Å²) < 4.78 is 26.9. The van der Waals surface area contributed by atoms with E-state index in [0.29, 0.717) is 6.42 Å². The van der Waals surface area contributed by atoms with Crippen molar-refractivity contribution in [3.05, 3.63) is 12.4 Å². The van der Waals surface area contributed by atoms with Crippen molar-refractivity contribution in [2.24, 2.45) is 0 Å². The van der Waals surface area contributed by atoms with Gasteiger partial charge in [-0.2, -0.15) is 5.10 Å². The summed E-state index contributed by atoms with van der Waals surface area (Å²) in [5, 5.41) is 20.8. The Kier molecular flexibility index (Phi) is 5.25. The van der Waals surface area contributed by atoms with Gasteiger partial charge in [-0.25, -0.2) is 13.1 Å². The molecule has 0 amide bonds. The third-order valence-electron chi connectivity index (χ3n) is 2.10. The predicted octanol–water partition coefficient (Wildman–Crippen LogP) is -0.981. The van der Waals surface area contributed by atoms with Crippen molar-refractivity contribution in [1.29, 1.82) is 0 Å². The van der Waals surface area contributed by atoms with E-state index in [2.05, 4.69) is 9.82 Å². The zero-order valence-corrected chi connectivity index (χ0v) is 10.4. The Bertz CT molecular complexity index is 496. The SMILES string of the molecule is O=C(O)CCn1cc(S(=O)(=O)NCCCO)cn1. The second-order valence-electron chi connectivity index (χ2n) is 3.56. The lowest BCUT2D eigenvalue weighted by Gasteiger charge is -2.02. The number of aliphatic carboxylic acids is 1. The van der Waals surface area contributed by atoms with E-state index in [1.165, 1.54) is 10.9 Å². The fourth-order valence-electron chi connectivity index (χ4n) is 1.18. The minimum Gasteiger partial charge on any atom is -0.481 e. The molecule has 0 aliphatic rings. The number of hydrogen-bond donors (Lipinski definition) is 3. The fourth-order valence-corrected chi connectivity index (χ4v) is 2.21. The molecule has 0 aliphatic heterocycles. The molecule has 0 fully saturated rings. The predicted molar refractivity (Wildman–Crippen MR) is 61.4 cm³/mol. The zero-order valence-electron chi connectivity index (χ0n) is 9.61. The second-order valence-corrected chi connectivity index (χ2v) is 5.32. The largest absolute Gasteiger partial charge is 0.481 e. The lowest BCUT2D eigenvalue weighted by molar-refractivity contribution is -0.137. The van der Waals surface area contributed by atoms with Crippen molar-refractivity contribution in [3.8, 4) is 0 Å². The fraction of sp³-hybridized carbons (Fsp3) is 0.556. The molecule has 0 aliphatic carbocycles. The van der Waals surface area contributed by atoms with Crippen LogP contribution in [0.4, 0.5) is 0 Å². The summed E-state index contributed by atoms with van der Waals surface area (Å²) in [6.45, 7) is 0.154. The van der Waals surface area contributed by atoms with E-state index in [4.69, 9.17) is 10.2 Å². The highest BCUT2D eigenvalue weighted by Crippen LogP contribution is 2.07. The number of rotatable bonds is 8. The minimum atomic E-state index is -3.64. The van der Waals surface area contributed by atoms with Crippen LogP contribution in [0.25, 0.3) is 0 Å². The van der Waals surface area contributed by atoms with Crippen LogP contribution in [0.3, 0.4) is 0 Å². The van der Waals surface area contributed by atoms with Gasteiger partial charge in [0.2, 0.25) is 10.0 Å².